The van der Waals surface area contributed by atoms with Crippen LogP contribution in [-0.2, 0) is 13.1 Å². The minimum Gasteiger partial charge on any atom is -0.333 e. The van der Waals surface area contributed by atoms with Gasteiger partial charge in [-0.05, 0) is 43.7 Å². The van der Waals surface area contributed by atoms with E-state index >= 15 is 0 Å². The topological polar surface area (TPSA) is 33.1 Å². The number of aromatic nitrogens is 2. The third-order valence-electron chi connectivity index (χ3n) is 5.61. The van der Waals surface area contributed by atoms with Crippen molar-refractivity contribution in [3.63, 3.8) is 0 Å². The number of imidazole rings is 1. The molecule has 4 heteroatoms. The van der Waals surface area contributed by atoms with Gasteiger partial charge in [0, 0.05) is 31.4 Å². The third kappa shape index (κ3) is 1.92. The molecule has 4 atom stereocenters. The van der Waals surface area contributed by atoms with Crippen molar-refractivity contribution in [2.24, 2.45) is 17.8 Å². The predicted molar refractivity (Wildman–Crippen MR) is 79.3 cm³/mol. The first-order valence-corrected chi connectivity index (χ1v) is 8.19. The highest BCUT2D eigenvalue weighted by molar-refractivity contribution is 5.11. The first kappa shape index (κ1) is 12.8. The number of nitrogens with one attached hydrogen (secondary N) is 1. The molecule has 3 aliphatic heterocycles. The van der Waals surface area contributed by atoms with Crippen molar-refractivity contribution >= 4 is 0 Å². The second-order valence-electron chi connectivity index (χ2n) is 7.30. The van der Waals surface area contributed by atoms with Gasteiger partial charge in [-0.2, -0.15) is 0 Å². The Balaban J connectivity index is 1.52. The van der Waals surface area contributed by atoms with Crippen LogP contribution in [0, 0.1) is 17.8 Å². The molecule has 0 unspecified atom stereocenters. The van der Waals surface area contributed by atoms with Gasteiger partial charge in [-0.1, -0.05) is 13.8 Å². The Hall–Kier alpha value is -0.870. The summed E-state index contributed by atoms with van der Waals surface area (Å²) in [5.41, 5.74) is 1.41. The van der Waals surface area contributed by atoms with Crippen LogP contribution < -0.4 is 5.32 Å². The van der Waals surface area contributed by atoms with Crippen molar-refractivity contribution in [2.75, 3.05) is 13.1 Å². The van der Waals surface area contributed by atoms with E-state index in [0.29, 0.717) is 5.92 Å². The van der Waals surface area contributed by atoms with Crippen LogP contribution in [0.3, 0.4) is 0 Å². The zero-order chi connectivity index (χ0) is 13.7. The highest BCUT2D eigenvalue weighted by Crippen LogP contribution is 2.47. The van der Waals surface area contributed by atoms with Crippen molar-refractivity contribution in [1.82, 2.24) is 19.8 Å². The van der Waals surface area contributed by atoms with Crippen LogP contribution in [0.15, 0.2) is 12.5 Å². The highest BCUT2D eigenvalue weighted by atomic mass is 15.3. The van der Waals surface area contributed by atoms with Crippen LogP contribution in [0.5, 0.6) is 0 Å². The van der Waals surface area contributed by atoms with Gasteiger partial charge in [-0.3, -0.25) is 4.90 Å². The van der Waals surface area contributed by atoms with Crippen LogP contribution in [-0.4, -0.2) is 39.6 Å². The Morgan fingerprint density at radius 2 is 1.95 bits per heavy atom. The van der Waals surface area contributed by atoms with Crippen LogP contribution >= 0.6 is 0 Å². The van der Waals surface area contributed by atoms with Gasteiger partial charge in [0.05, 0.1) is 12.0 Å². The van der Waals surface area contributed by atoms with E-state index in [1.807, 2.05) is 6.33 Å². The molecule has 4 rings (SSSR count). The minimum absolute atomic E-state index is 0.682. The minimum atomic E-state index is 0.682. The molecule has 0 spiro atoms. The number of fused-ring (bicyclic) bond motifs is 5. The molecule has 3 fully saturated rings. The lowest BCUT2D eigenvalue weighted by molar-refractivity contribution is 0.212. The molecule has 2 bridgehead atoms. The van der Waals surface area contributed by atoms with E-state index in [-0.39, 0.29) is 0 Å². The van der Waals surface area contributed by atoms with Gasteiger partial charge in [0.15, 0.2) is 0 Å². The van der Waals surface area contributed by atoms with E-state index in [2.05, 4.69) is 39.8 Å². The molecule has 0 radical (unpaired) electrons. The molecule has 0 aliphatic carbocycles. The van der Waals surface area contributed by atoms with Gasteiger partial charge in [0.1, 0.15) is 0 Å². The van der Waals surface area contributed by atoms with Gasteiger partial charge in [0.2, 0.25) is 0 Å². The molecule has 110 valence electrons. The van der Waals surface area contributed by atoms with E-state index in [0.717, 1.165) is 37.0 Å². The molecule has 4 nitrogen and oxygen atoms in total. The Bertz CT molecular complexity index is 463. The molecule has 1 aromatic heterocycles. The lowest BCUT2D eigenvalue weighted by atomic mass is 9.82. The van der Waals surface area contributed by atoms with Crippen molar-refractivity contribution in [3.05, 3.63) is 18.2 Å². The van der Waals surface area contributed by atoms with Crippen LogP contribution in [0.1, 0.15) is 32.4 Å². The molecular weight excluding hydrogens is 248 g/mol. The van der Waals surface area contributed by atoms with Crippen molar-refractivity contribution in [2.45, 2.75) is 51.9 Å². The average molecular weight is 274 g/mol. The number of rotatable bonds is 4. The lowest BCUT2D eigenvalue weighted by Gasteiger charge is -2.25. The van der Waals surface area contributed by atoms with Crippen LogP contribution in [0.2, 0.25) is 0 Å². The third-order valence-corrected chi connectivity index (χ3v) is 5.61. The van der Waals surface area contributed by atoms with E-state index in [4.69, 9.17) is 0 Å². The van der Waals surface area contributed by atoms with Gasteiger partial charge < -0.3 is 9.88 Å². The van der Waals surface area contributed by atoms with Gasteiger partial charge in [-0.25, -0.2) is 4.98 Å². The summed E-state index contributed by atoms with van der Waals surface area (Å²) in [6.45, 7) is 9.24. The molecule has 3 saturated heterocycles. The maximum absolute atomic E-state index is 4.38. The van der Waals surface area contributed by atoms with E-state index in [9.17, 15) is 0 Å². The van der Waals surface area contributed by atoms with Crippen molar-refractivity contribution in [1.29, 1.82) is 0 Å². The lowest BCUT2D eigenvalue weighted by Crippen LogP contribution is -2.34. The first-order chi connectivity index (χ1) is 9.74. The second-order valence-corrected chi connectivity index (χ2v) is 7.30. The van der Waals surface area contributed by atoms with Crippen LogP contribution in [0.4, 0.5) is 0 Å². The maximum Gasteiger partial charge on any atom is 0.0948 e. The van der Waals surface area contributed by atoms with E-state index in [1.165, 1.54) is 31.6 Å². The zero-order valence-corrected chi connectivity index (χ0v) is 12.6. The summed E-state index contributed by atoms with van der Waals surface area (Å²) in [4.78, 5) is 7.18. The van der Waals surface area contributed by atoms with Crippen molar-refractivity contribution in [3.8, 4) is 0 Å². The summed E-state index contributed by atoms with van der Waals surface area (Å²) in [5.74, 6) is 2.51. The summed E-state index contributed by atoms with van der Waals surface area (Å²) in [5, 5.41) is 3.60. The summed E-state index contributed by atoms with van der Waals surface area (Å²) in [7, 11) is 0. The SMILES string of the molecule is CC(C)Cn1cncc1CN1[C@@H]2CC[C@H]1[C@H]1CNC[C@H]12. The molecule has 0 aromatic carbocycles. The maximum atomic E-state index is 4.38. The molecule has 4 heterocycles. The average Bonchev–Trinajstić information content (AvgIpc) is 3.13. The molecule has 0 amide bonds. The van der Waals surface area contributed by atoms with E-state index < -0.39 is 0 Å². The number of nitrogens with zero attached hydrogens (tertiary/aromatic N) is 3. The number of hydrogen-bond donors (Lipinski definition) is 1. The Morgan fingerprint density at radius 1 is 1.25 bits per heavy atom. The monoisotopic (exact) mass is 274 g/mol. The standard InChI is InChI=1S/C16H26N4/c1-11(2)8-19-10-18-5-12(19)9-20-15-3-4-16(20)14-7-17-6-13(14)15/h5,10-11,13-17H,3-4,6-9H2,1-2H3/t13-,14+,15-,16+. The summed E-state index contributed by atoms with van der Waals surface area (Å²) in [6, 6.07) is 1.64. The Labute approximate surface area is 121 Å². The normalized spacial score (nSPS) is 36.1. The van der Waals surface area contributed by atoms with Gasteiger partial charge in [0.25, 0.3) is 0 Å². The Morgan fingerprint density at radius 3 is 2.60 bits per heavy atom. The molecule has 20 heavy (non-hydrogen) atoms. The molecule has 1 aromatic rings. The van der Waals surface area contributed by atoms with Crippen LogP contribution in [0.25, 0.3) is 0 Å². The van der Waals surface area contributed by atoms with Crippen molar-refractivity contribution < 1.29 is 0 Å². The smallest absolute Gasteiger partial charge is 0.0948 e. The first-order valence-electron chi connectivity index (χ1n) is 8.19. The fourth-order valence-electron chi connectivity index (χ4n) is 4.86. The molecule has 3 aliphatic rings. The molecular formula is C16H26N4. The zero-order valence-electron chi connectivity index (χ0n) is 12.6. The summed E-state index contributed by atoms with van der Waals surface area (Å²) >= 11 is 0. The fraction of sp³-hybridized carbons (Fsp3) is 0.812. The Kier molecular flexibility index (Phi) is 3.11. The van der Waals surface area contributed by atoms with E-state index in [1.54, 1.807) is 0 Å². The molecule has 0 saturated carbocycles. The molecule has 1 N–H and O–H groups in total. The second kappa shape index (κ2) is 4.85. The summed E-state index contributed by atoms with van der Waals surface area (Å²) in [6.07, 6.45) is 6.90. The number of hydrogen-bond acceptors (Lipinski definition) is 3. The largest absolute Gasteiger partial charge is 0.333 e. The van der Waals surface area contributed by atoms with Gasteiger partial charge >= 0.3 is 0 Å². The predicted octanol–water partition coefficient (Wildman–Crippen LogP) is 1.72. The summed E-state index contributed by atoms with van der Waals surface area (Å²) < 4.78 is 2.36. The quantitative estimate of drug-likeness (QED) is 0.907. The highest BCUT2D eigenvalue weighted by Gasteiger charge is 2.54. The fourth-order valence-corrected chi connectivity index (χ4v) is 4.86. The van der Waals surface area contributed by atoms with Gasteiger partial charge in [-0.15, -0.1) is 0 Å².